The molecule has 20 heavy (non-hydrogen) atoms. The van der Waals surface area contributed by atoms with Crippen molar-refractivity contribution < 1.29 is 9.21 Å². The highest BCUT2D eigenvalue weighted by molar-refractivity contribution is 9.10. The first-order valence-corrected chi connectivity index (χ1v) is 7.81. The first kappa shape index (κ1) is 13.6. The van der Waals surface area contributed by atoms with Crippen LogP contribution in [-0.4, -0.2) is 15.7 Å². The summed E-state index contributed by atoms with van der Waals surface area (Å²) in [5.74, 6) is 1.52. The Morgan fingerprint density at radius 1 is 1.45 bits per heavy atom. The number of anilines is 1. The zero-order valence-corrected chi connectivity index (χ0v) is 13.1. The van der Waals surface area contributed by atoms with E-state index in [-0.39, 0.29) is 16.7 Å². The lowest BCUT2D eigenvalue weighted by Crippen LogP contribution is -2.26. The molecule has 1 saturated carbocycles. The number of benzene rings is 1. The number of halogens is 1. The molecule has 1 aliphatic rings. The van der Waals surface area contributed by atoms with Crippen molar-refractivity contribution >= 4 is 38.6 Å². The number of hydrogen-bond donors (Lipinski definition) is 1. The number of nitrogens with one attached hydrogen (secondary N) is 1. The Morgan fingerprint density at radius 2 is 2.20 bits per heavy atom. The van der Waals surface area contributed by atoms with Crippen LogP contribution in [0.25, 0.3) is 11.1 Å². The van der Waals surface area contributed by atoms with Crippen molar-refractivity contribution in [2.75, 3.05) is 5.32 Å². The second-order valence-corrected chi connectivity index (χ2v) is 6.63. The SMILES string of the molecule is CC(C)C(Br)C(=O)Nc1ccc2oc(C3CC3)nc2c1. The Morgan fingerprint density at radius 3 is 2.85 bits per heavy atom. The van der Waals surface area contributed by atoms with Gasteiger partial charge in [0.15, 0.2) is 11.5 Å². The highest BCUT2D eigenvalue weighted by atomic mass is 79.9. The maximum Gasteiger partial charge on any atom is 0.238 e. The van der Waals surface area contributed by atoms with Gasteiger partial charge < -0.3 is 9.73 Å². The summed E-state index contributed by atoms with van der Waals surface area (Å²) in [6, 6.07) is 5.58. The highest BCUT2D eigenvalue weighted by Gasteiger charge is 2.29. The minimum absolute atomic E-state index is 0.0368. The van der Waals surface area contributed by atoms with Crippen LogP contribution in [0.15, 0.2) is 22.6 Å². The van der Waals surface area contributed by atoms with E-state index in [1.807, 2.05) is 32.0 Å². The summed E-state index contributed by atoms with van der Waals surface area (Å²) >= 11 is 3.40. The molecule has 0 spiro atoms. The molecule has 1 aliphatic carbocycles. The van der Waals surface area contributed by atoms with Gasteiger partial charge in [-0.3, -0.25) is 4.79 Å². The predicted molar refractivity (Wildman–Crippen MR) is 82.2 cm³/mol. The molecule has 1 aromatic heterocycles. The molecule has 1 atom stereocenters. The van der Waals surface area contributed by atoms with Gasteiger partial charge in [0.05, 0.1) is 4.83 Å². The lowest BCUT2D eigenvalue weighted by atomic mass is 10.1. The Kier molecular flexibility index (Phi) is 3.54. The molecule has 2 aromatic rings. The number of aromatic nitrogens is 1. The zero-order valence-electron chi connectivity index (χ0n) is 11.5. The second kappa shape index (κ2) is 5.20. The summed E-state index contributed by atoms with van der Waals surface area (Å²) in [7, 11) is 0. The average Bonchev–Trinajstić information content (AvgIpc) is 3.17. The van der Waals surface area contributed by atoms with E-state index in [9.17, 15) is 4.79 Å². The second-order valence-electron chi connectivity index (χ2n) is 5.64. The van der Waals surface area contributed by atoms with E-state index < -0.39 is 0 Å². The van der Waals surface area contributed by atoms with Crippen molar-refractivity contribution in [2.45, 2.75) is 37.4 Å². The van der Waals surface area contributed by atoms with Crippen molar-refractivity contribution in [3.63, 3.8) is 0 Å². The number of alkyl halides is 1. The van der Waals surface area contributed by atoms with Crippen molar-refractivity contribution in [1.29, 1.82) is 0 Å². The van der Waals surface area contributed by atoms with Gasteiger partial charge in [-0.25, -0.2) is 4.98 Å². The van der Waals surface area contributed by atoms with Crippen LogP contribution in [0.4, 0.5) is 5.69 Å². The summed E-state index contributed by atoms with van der Waals surface area (Å²) in [6.45, 7) is 4.00. The van der Waals surface area contributed by atoms with Gasteiger partial charge >= 0.3 is 0 Å². The number of amides is 1. The lowest BCUT2D eigenvalue weighted by Gasteiger charge is -2.13. The quantitative estimate of drug-likeness (QED) is 0.856. The largest absolute Gasteiger partial charge is 0.440 e. The smallest absolute Gasteiger partial charge is 0.238 e. The van der Waals surface area contributed by atoms with Crippen LogP contribution >= 0.6 is 15.9 Å². The van der Waals surface area contributed by atoms with E-state index in [0.29, 0.717) is 5.92 Å². The number of fused-ring (bicyclic) bond motifs is 1. The van der Waals surface area contributed by atoms with Gasteiger partial charge in [-0.2, -0.15) is 0 Å². The Hall–Kier alpha value is -1.36. The monoisotopic (exact) mass is 336 g/mol. The molecule has 0 bridgehead atoms. The topological polar surface area (TPSA) is 55.1 Å². The van der Waals surface area contributed by atoms with Gasteiger partial charge in [-0.1, -0.05) is 29.8 Å². The summed E-state index contributed by atoms with van der Waals surface area (Å²) in [6.07, 6.45) is 2.33. The number of rotatable bonds is 4. The molecular weight excluding hydrogens is 320 g/mol. The molecule has 1 aromatic carbocycles. The van der Waals surface area contributed by atoms with Gasteiger partial charge in [0, 0.05) is 11.6 Å². The van der Waals surface area contributed by atoms with E-state index in [0.717, 1.165) is 35.5 Å². The summed E-state index contributed by atoms with van der Waals surface area (Å²) in [5.41, 5.74) is 2.34. The number of oxazole rings is 1. The van der Waals surface area contributed by atoms with Gasteiger partial charge in [0.25, 0.3) is 0 Å². The molecule has 4 nitrogen and oxygen atoms in total. The maximum absolute atomic E-state index is 12.0. The Balaban J connectivity index is 1.80. The predicted octanol–water partition coefficient (Wildman–Crippen LogP) is 4.06. The van der Waals surface area contributed by atoms with Crippen LogP contribution in [0.2, 0.25) is 0 Å². The molecule has 1 fully saturated rings. The number of carbonyl (C=O) groups is 1. The fourth-order valence-corrected chi connectivity index (χ4v) is 2.16. The molecule has 0 aliphatic heterocycles. The molecular formula is C15H17BrN2O2. The van der Waals surface area contributed by atoms with Gasteiger partial charge in [0.1, 0.15) is 5.52 Å². The molecule has 0 radical (unpaired) electrons. The van der Waals surface area contributed by atoms with Crippen molar-refractivity contribution in [3.8, 4) is 0 Å². The van der Waals surface area contributed by atoms with E-state index in [1.54, 1.807) is 0 Å². The third kappa shape index (κ3) is 2.73. The maximum atomic E-state index is 12.0. The molecule has 106 valence electrons. The number of nitrogens with zero attached hydrogens (tertiary/aromatic N) is 1. The van der Waals surface area contributed by atoms with Crippen LogP contribution < -0.4 is 5.32 Å². The van der Waals surface area contributed by atoms with Crippen molar-refractivity contribution in [3.05, 3.63) is 24.1 Å². The minimum atomic E-state index is -0.197. The third-order valence-electron chi connectivity index (χ3n) is 3.43. The molecule has 5 heteroatoms. The average molecular weight is 337 g/mol. The standard InChI is InChI=1S/C15H17BrN2O2/c1-8(2)13(16)14(19)17-10-5-6-12-11(7-10)18-15(20-12)9-3-4-9/h5-9,13H,3-4H2,1-2H3,(H,17,19). The zero-order chi connectivity index (χ0) is 14.3. The summed E-state index contributed by atoms with van der Waals surface area (Å²) in [4.78, 5) is 16.3. The van der Waals surface area contributed by atoms with Gasteiger partial charge in [-0.05, 0) is 37.0 Å². The normalized spacial score (nSPS) is 16.6. The molecule has 3 rings (SSSR count). The molecule has 0 saturated heterocycles. The van der Waals surface area contributed by atoms with E-state index in [4.69, 9.17) is 4.42 Å². The summed E-state index contributed by atoms with van der Waals surface area (Å²) < 4.78 is 5.70. The Bertz CT molecular complexity index is 646. The van der Waals surface area contributed by atoms with Crippen LogP contribution in [0.5, 0.6) is 0 Å². The van der Waals surface area contributed by atoms with E-state index >= 15 is 0 Å². The first-order chi connectivity index (χ1) is 9.54. The van der Waals surface area contributed by atoms with Crippen LogP contribution in [0.1, 0.15) is 38.5 Å². The van der Waals surface area contributed by atoms with E-state index in [1.165, 1.54) is 0 Å². The lowest BCUT2D eigenvalue weighted by molar-refractivity contribution is -0.116. The van der Waals surface area contributed by atoms with Crippen molar-refractivity contribution in [1.82, 2.24) is 4.98 Å². The molecule has 1 unspecified atom stereocenters. The van der Waals surface area contributed by atoms with Crippen LogP contribution in [0, 0.1) is 5.92 Å². The Labute approximate surface area is 126 Å². The minimum Gasteiger partial charge on any atom is -0.440 e. The fourth-order valence-electron chi connectivity index (χ4n) is 2.04. The van der Waals surface area contributed by atoms with Crippen LogP contribution in [-0.2, 0) is 4.79 Å². The van der Waals surface area contributed by atoms with Crippen molar-refractivity contribution in [2.24, 2.45) is 5.92 Å². The first-order valence-electron chi connectivity index (χ1n) is 6.90. The molecule has 1 amide bonds. The van der Waals surface area contributed by atoms with Gasteiger partial charge in [0.2, 0.25) is 5.91 Å². The van der Waals surface area contributed by atoms with Crippen LogP contribution in [0.3, 0.4) is 0 Å². The fraction of sp³-hybridized carbons (Fsp3) is 0.467. The number of hydrogen-bond acceptors (Lipinski definition) is 3. The summed E-state index contributed by atoms with van der Waals surface area (Å²) in [5, 5.41) is 2.90. The van der Waals surface area contributed by atoms with Gasteiger partial charge in [-0.15, -0.1) is 0 Å². The molecule has 1 N–H and O–H groups in total. The highest BCUT2D eigenvalue weighted by Crippen LogP contribution is 2.40. The molecule has 1 heterocycles. The number of carbonyl (C=O) groups excluding carboxylic acids is 1. The van der Waals surface area contributed by atoms with E-state index in [2.05, 4.69) is 26.2 Å². The third-order valence-corrected chi connectivity index (χ3v) is 4.91.